The molecule has 4 rings (SSSR count). The Morgan fingerprint density at radius 3 is 2.73 bits per heavy atom. The zero-order valence-corrected chi connectivity index (χ0v) is 15.6. The second-order valence-electron chi connectivity index (χ2n) is 6.71. The van der Waals surface area contributed by atoms with Crippen molar-refractivity contribution < 1.29 is 4.74 Å². The summed E-state index contributed by atoms with van der Waals surface area (Å²) >= 11 is 1.77. The van der Waals surface area contributed by atoms with Gasteiger partial charge in [-0.3, -0.25) is 0 Å². The van der Waals surface area contributed by atoms with Crippen LogP contribution in [0.15, 0.2) is 36.5 Å². The van der Waals surface area contributed by atoms with Crippen LogP contribution in [0, 0.1) is 11.3 Å². The Bertz CT molecular complexity index is 950. The standard InChI is InChI=1S/C21H21N3OS/c1-25-17-8-6-14(7-9-17)12-23-21-18-10-19(15-4-2-3-5-15)26-20(18)16(11-22)13-24-21/h6-10,13,15H,2-5,12H2,1H3,(H,23,24). The number of methoxy groups -OCH3 is 1. The predicted molar refractivity (Wildman–Crippen MR) is 106 cm³/mol. The van der Waals surface area contributed by atoms with Gasteiger partial charge < -0.3 is 10.1 Å². The summed E-state index contributed by atoms with van der Waals surface area (Å²) in [5.74, 6) is 2.36. The van der Waals surface area contributed by atoms with Crippen molar-refractivity contribution in [3.63, 3.8) is 0 Å². The molecule has 0 spiro atoms. The number of thiophene rings is 1. The number of anilines is 1. The number of rotatable bonds is 5. The normalized spacial score (nSPS) is 14.5. The molecule has 4 nitrogen and oxygen atoms in total. The fourth-order valence-electron chi connectivity index (χ4n) is 3.60. The first-order chi connectivity index (χ1) is 12.8. The van der Waals surface area contributed by atoms with E-state index in [0.29, 0.717) is 18.0 Å². The third-order valence-electron chi connectivity index (χ3n) is 5.07. The van der Waals surface area contributed by atoms with Crippen LogP contribution in [0.2, 0.25) is 0 Å². The van der Waals surface area contributed by atoms with E-state index in [2.05, 4.69) is 22.4 Å². The zero-order chi connectivity index (χ0) is 17.9. The highest BCUT2D eigenvalue weighted by Gasteiger charge is 2.21. The number of hydrogen-bond donors (Lipinski definition) is 1. The maximum absolute atomic E-state index is 9.44. The van der Waals surface area contributed by atoms with Gasteiger partial charge in [0.1, 0.15) is 17.6 Å². The van der Waals surface area contributed by atoms with Gasteiger partial charge >= 0.3 is 0 Å². The number of nitriles is 1. The molecule has 1 aromatic carbocycles. The third kappa shape index (κ3) is 3.25. The molecule has 0 saturated heterocycles. The van der Waals surface area contributed by atoms with Gasteiger partial charge in [-0.1, -0.05) is 25.0 Å². The smallest absolute Gasteiger partial charge is 0.135 e. The average Bonchev–Trinajstić information content (AvgIpc) is 3.36. The highest BCUT2D eigenvalue weighted by atomic mass is 32.1. The molecule has 132 valence electrons. The van der Waals surface area contributed by atoms with Crippen molar-refractivity contribution in [1.29, 1.82) is 5.26 Å². The summed E-state index contributed by atoms with van der Waals surface area (Å²) in [6.07, 6.45) is 6.83. The Morgan fingerprint density at radius 2 is 2.04 bits per heavy atom. The van der Waals surface area contributed by atoms with E-state index in [4.69, 9.17) is 4.74 Å². The molecule has 1 fully saturated rings. The molecule has 1 aliphatic rings. The van der Waals surface area contributed by atoms with Crippen LogP contribution < -0.4 is 10.1 Å². The van der Waals surface area contributed by atoms with Crippen molar-refractivity contribution in [3.05, 3.63) is 52.5 Å². The molecule has 0 atom stereocenters. The predicted octanol–water partition coefficient (Wildman–Crippen LogP) is 5.45. The van der Waals surface area contributed by atoms with Crippen LogP contribution in [-0.4, -0.2) is 12.1 Å². The Hall–Kier alpha value is -2.58. The van der Waals surface area contributed by atoms with Gasteiger partial charge in [-0.2, -0.15) is 5.26 Å². The lowest BCUT2D eigenvalue weighted by Gasteiger charge is -2.08. The van der Waals surface area contributed by atoms with Crippen molar-refractivity contribution in [3.8, 4) is 11.8 Å². The van der Waals surface area contributed by atoms with Crippen LogP contribution in [-0.2, 0) is 6.54 Å². The van der Waals surface area contributed by atoms with Crippen molar-refractivity contribution in [1.82, 2.24) is 4.98 Å². The lowest BCUT2D eigenvalue weighted by Crippen LogP contribution is -2.02. The lowest BCUT2D eigenvalue weighted by atomic mass is 10.1. The fraction of sp³-hybridized carbons (Fsp3) is 0.333. The van der Waals surface area contributed by atoms with E-state index in [1.165, 1.54) is 30.6 Å². The van der Waals surface area contributed by atoms with E-state index < -0.39 is 0 Å². The first-order valence-electron chi connectivity index (χ1n) is 8.98. The molecule has 5 heteroatoms. The third-order valence-corrected chi connectivity index (χ3v) is 6.40. The summed E-state index contributed by atoms with van der Waals surface area (Å²) in [5.41, 5.74) is 1.83. The number of nitrogens with one attached hydrogen (secondary N) is 1. The van der Waals surface area contributed by atoms with Gasteiger partial charge in [0.15, 0.2) is 0 Å². The molecule has 2 heterocycles. The highest BCUT2D eigenvalue weighted by molar-refractivity contribution is 7.19. The number of fused-ring (bicyclic) bond motifs is 1. The minimum absolute atomic E-state index is 0.647. The molecule has 0 bridgehead atoms. The molecule has 1 N–H and O–H groups in total. The van der Waals surface area contributed by atoms with Crippen molar-refractivity contribution in [2.75, 3.05) is 12.4 Å². The van der Waals surface area contributed by atoms with E-state index in [9.17, 15) is 5.26 Å². The number of hydrogen-bond acceptors (Lipinski definition) is 5. The molecular weight excluding hydrogens is 342 g/mol. The van der Waals surface area contributed by atoms with E-state index >= 15 is 0 Å². The van der Waals surface area contributed by atoms with Crippen molar-refractivity contribution in [2.24, 2.45) is 0 Å². The molecule has 0 aliphatic heterocycles. The van der Waals surface area contributed by atoms with E-state index in [1.807, 2.05) is 24.3 Å². The van der Waals surface area contributed by atoms with Crippen LogP contribution in [0.3, 0.4) is 0 Å². The van der Waals surface area contributed by atoms with E-state index in [0.717, 1.165) is 27.2 Å². The molecule has 0 amide bonds. The summed E-state index contributed by atoms with van der Waals surface area (Å²) in [7, 11) is 1.67. The summed E-state index contributed by atoms with van der Waals surface area (Å²) in [6.45, 7) is 0.687. The molecule has 26 heavy (non-hydrogen) atoms. The Balaban J connectivity index is 1.62. The molecular formula is C21H21N3OS. The zero-order valence-electron chi connectivity index (χ0n) is 14.8. The molecule has 0 radical (unpaired) electrons. The lowest BCUT2D eigenvalue weighted by molar-refractivity contribution is 0.414. The average molecular weight is 363 g/mol. The number of ether oxygens (including phenoxy) is 1. The number of nitrogens with zero attached hydrogens (tertiary/aromatic N) is 2. The van der Waals surface area contributed by atoms with Gasteiger partial charge in [-0.25, -0.2) is 4.98 Å². The van der Waals surface area contributed by atoms with Crippen LogP contribution in [0.5, 0.6) is 5.75 Å². The minimum atomic E-state index is 0.647. The second-order valence-corrected chi connectivity index (χ2v) is 7.79. The van der Waals surface area contributed by atoms with Crippen molar-refractivity contribution >= 4 is 27.2 Å². The minimum Gasteiger partial charge on any atom is -0.497 e. The van der Waals surface area contributed by atoms with Gasteiger partial charge in [0.25, 0.3) is 0 Å². The van der Waals surface area contributed by atoms with Gasteiger partial charge in [-0.05, 0) is 42.5 Å². The number of pyridine rings is 1. The van der Waals surface area contributed by atoms with Crippen molar-refractivity contribution in [2.45, 2.75) is 38.1 Å². The van der Waals surface area contributed by atoms with Crippen LogP contribution in [0.1, 0.15) is 47.6 Å². The van der Waals surface area contributed by atoms with E-state index in [1.54, 1.807) is 24.6 Å². The molecule has 1 aliphatic carbocycles. The Labute approximate surface area is 157 Å². The highest BCUT2D eigenvalue weighted by Crippen LogP contribution is 2.42. The summed E-state index contributed by atoms with van der Waals surface area (Å²) in [4.78, 5) is 5.91. The maximum Gasteiger partial charge on any atom is 0.135 e. The van der Waals surface area contributed by atoms with Gasteiger partial charge in [-0.15, -0.1) is 11.3 Å². The van der Waals surface area contributed by atoms with Gasteiger partial charge in [0.2, 0.25) is 0 Å². The first-order valence-corrected chi connectivity index (χ1v) is 9.79. The summed E-state index contributed by atoms with van der Waals surface area (Å²) < 4.78 is 6.26. The monoisotopic (exact) mass is 363 g/mol. The van der Waals surface area contributed by atoms with Gasteiger partial charge in [0, 0.05) is 23.0 Å². The largest absolute Gasteiger partial charge is 0.497 e. The van der Waals surface area contributed by atoms with Crippen LogP contribution in [0.25, 0.3) is 10.1 Å². The Morgan fingerprint density at radius 1 is 1.27 bits per heavy atom. The maximum atomic E-state index is 9.44. The molecule has 0 unspecified atom stereocenters. The first kappa shape index (κ1) is 16.9. The van der Waals surface area contributed by atoms with Crippen LogP contribution in [0.4, 0.5) is 5.82 Å². The molecule has 3 aromatic rings. The number of aromatic nitrogens is 1. The number of benzene rings is 1. The van der Waals surface area contributed by atoms with Crippen LogP contribution >= 0.6 is 11.3 Å². The fourth-order valence-corrected chi connectivity index (χ4v) is 4.89. The SMILES string of the molecule is COc1ccc(CNc2ncc(C#N)c3sc(C4CCCC4)cc23)cc1. The quantitative estimate of drug-likeness (QED) is 0.655. The second kappa shape index (κ2) is 7.35. The van der Waals surface area contributed by atoms with E-state index in [-0.39, 0.29) is 0 Å². The van der Waals surface area contributed by atoms with Gasteiger partial charge in [0.05, 0.1) is 17.4 Å². The molecule has 1 saturated carbocycles. The Kier molecular flexibility index (Phi) is 4.77. The molecule has 2 aromatic heterocycles. The topological polar surface area (TPSA) is 57.9 Å². The summed E-state index contributed by atoms with van der Waals surface area (Å²) in [6, 6.07) is 12.6. The summed E-state index contributed by atoms with van der Waals surface area (Å²) in [5, 5.41) is 14.0.